The smallest absolute Gasteiger partial charge is 0.144 e. The van der Waals surface area contributed by atoms with E-state index in [1.54, 1.807) is 0 Å². The third-order valence-corrected chi connectivity index (χ3v) is 3.96. The maximum absolute atomic E-state index is 4.72. The van der Waals surface area contributed by atoms with Gasteiger partial charge in [0.2, 0.25) is 0 Å². The fourth-order valence-electron chi connectivity index (χ4n) is 1.93. The topological polar surface area (TPSA) is 37.8 Å². The van der Waals surface area contributed by atoms with Crippen molar-refractivity contribution in [3.8, 4) is 0 Å². The van der Waals surface area contributed by atoms with Crippen LogP contribution in [0, 0.1) is 5.92 Å². The first-order valence-electron chi connectivity index (χ1n) is 6.92. The van der Waals surface area contributed by atoms with E-state index < -0.39 is 0 Å². The van der Waals surface area contributed by atoms with Crippen molar-refractivity contribution in [1.29, 1.82) is 0 Å². The first-order valence-corrected chi connectivity index (χ1v) is 7.71. The largest absolute Gasteiger partial charge is 0.369 e. The number of nitrogens with one attached hydrogen (secondary N) is 1. The zero-order valence-electron chi connectivity index (χ0n) is 11.5. The van der Waals surface area contributed by atoms with Crippen molar-refractivity contribution in [2.75, 3.05) is 11.9 Å². The Hall–Kier alpha value is -0.640. The summed E-state index contributed by atoms with van der Waals surface area (Å²) >= 11 is 3.64. The Bertz CT molecular complexity index is 414. The van der Waals surface area contributed by atoms with E-state index in [1.807, 2.05) is 0 Å². The maximum Gasteiger partial charge on any atom is 0.144 e. The molecule has 0 amide bonds. The molecule has 0 bridgehead atoms. The lowest BCUT2D eigenvalue weighted by Gasteiger charge is -2.14. The van der Waals surface area contributed by atoms with E-state index in [0.717, 1.165) is 47.1 Å². The molecule has 0 aliphatic heterocycles. The molecule has 1 aliphatic carbocycles. The highest BCUT2D eigenvalue weighted by Crippen LogP contribution is 2.34. The number of rotatable bonds is 6. The second-order valence-corrected chi connectivity index (χ2v) is 6.21. The minimum atomic E-state index is 0.419. The standard InChI is InChI=1S/C14H22BrN3/c1-4-7-16-14-12(15)13(9(2)3)17-11(18-14)8-10-5-6-10/h9-10H,4-8H2,1-3H3,(H,16,17,18). The number of halogens is 1. The Morgan fingerprint density at radius 1 is 1.33 bits per heavy atom. The lowest BCUT2D eigenvalue weighted by molar-refractivity contribution is 0.728. The Kier molecular flexibility index (Phi) is 4.60. The summed E-state index contributed by atoms with van der Waals surface area (Å²) in [7, 11) is 0. The van der Waals surface area contributed by atoms with Gasteiger partial charge in [0.25, 0.3) is 0 Å². The van der Waals surface area contributed by atoms with Gasteiger partial charge in [-0.3, -0.25) is 0 Å². The van der Waals surface area contributed by atoms with Crippen LogP contribution in [0.15, 0.2) is 4.47 Å². The molecule has 1 fully saturated rings. The predicted molar refractivity (Wildman–Crippen MR) is 79.0 cm³/mol. The fourth-order valence-corrected chi connectivity index (χ4v) is 2.70. The molecule has 100 valence electrons. The van der Waals surface area contributed by atoms with E-state index in [9.17, 15) is 0 Å². The Morgan fingerprint density at radius 3 is 2.61 bits per heavy atom. The summed E-state index contributed by atoms with van der Waals surface area (Å²) in [5.74, 6) is 3.21. The van der Waals surface area contributed by atoms with Crippen molar-refractivity contribution < 1.29 is 0 Å². The van der Waals surface area contributed by atoms with Crippen LogP contribution in [0.5, 0.6) is 0 Å². The normalized spacial score (nSPS) is 15.2. The van der Waals surface area contributed by atoms with Crippen molar-refractivity contribution in [2.24, 2.45) is 5.92 Å². The molecule has 2 rings (SSSR count). The molecule has 1 aromatic heterocycles. The highest BCUT2D eigenvalue weighted by atomic mass is 79.9. The van der Waals surface area contributed by atoms with Gasteiger partial charge in [-0.15, -0.1) is 0 Å². The average Bonchev–Trinajstić information content (AvgIpc) is 3.13. The van der Waals surface area contributed by atoms with Gasteiger partial charge < -0.3 is 5.32 Å². The van der Waals surface area contributed by atoms with Crippen LogP contribution in [0.2, 0.25) is 0 Å². The molecule has 3 nitrogen and oxygen atoms in total. The van der Waals surface area contributed by atoms with E-state index in [4.69, 9.17) is 4.98 Å². The third kappa shape index (κ3) is 3.44. The summed E-state index contributed by atoms with van der Waals surface area (Å²) in [6.45, 7) is 7.47. The number of hydrogen-bond acceptors (Lipinski definition) is 3. The summed E-state index contributed by atoms with van der Waals surface area (Å²) in [5.41, 5.74) is 1.12. The Morgan fingerprint density at radius 2 is 2.06 bits per heavy atom. The molecule has 1 heterocycles. The van der Waals surface area contributed by atoms with Gasteiger partial charge >= 0.3 is 0 Å². The minimum absolute atomic E-state index is 0.419. The molecule has 1 saturated carbocycles. The Labute approximate surface area is 118 Å². The van der Waals surface area contributed by atoms with Crippen LogP contribution in [0.4, 0.5) is 5.82 Å². The number of nitrogens with zero attached hydrogens (tertiary/aromatic N) is 2. The average molecular weight is 312 g/mol. The van der Waals surface area contributed by atoms with Gasteiger partial charge in [-0.2, -0.15) is 0 Å². The molecule has 1 aliphatic rings. The SMILES string of the molecule is CCCNc1nc(CC2CC2)nc(C(C)C)c1Br. The van der Waals surface area contributed by atoms with Gasteiger partial charge in [-0.1, -0.05) is 20.8 Å². The number of hydrogen-bond donors (Lipinski definition) is 1. The van der Waals surface area contributed by atoms with E-state index in [1.165, 1.54) is 12.8 Å². The second-order valence-electron chi connectivity index (χ2n) is 5.42. The van der Waals surface area contributed by atoms with E-state index in [-0.39, 0.29) is 0 Å². The molecule has 18 heavy (non-hydrogen) atoms. The van der Waals surface area contributed by atoms with Gasteiger partial charge in [0, 0.05) is 13.0 Å². The van der Waals surface area contributed by atoms with Crippen LogP contribution in [-0.4, -0.2) is 16.5 Å². The van der Waals surface area contributed by atoms with Crippen LogP contribution >= 0.6 is 15.9 Å². The highest BCUT2D eigenvalue weighted by molar-refractivity contribution is 9.10. The first-order chi connectivity index (χ1) is 8.61. The molecule has 4 heteroatoms. The summed E-state index contributed by atoms with van der Waals surface area (Å²) < 4.78 is 1.03. The van der Waals surface area contributed by atoms with Gasteiger partial charge in [-0.05, 0) is 47.0 Å². The van der Waals surface area contributed by atoms with Gasteiger partial charge in [0.1, 0.15) is 11.6 Å². The number of aromatic nitrogens is 2. The summed E-state index contributed by atoms with van der Waals surface area (Å²) in [6.07, 6.45) is 4.82. The molecule has 0 spiro atoms. The van der Waals surface area contributed by atoms with Crippen molar-refractivity contribution in [3.63, 3.8) is 0 Å². The van der Waals surface area contributed by atoms with Crippen LogP contribution in [-0.2, 0) is 6.42 Å². The van der Waals surface area contributed by atoms with E-state index >= 15 is 0 Å². The lowest BCUT2D eigenvalue weighted by atomic mass is 10.1. The van der Waals surface area contributed by atoms with E-state index in [2.05, 4.69) is 47.0 Å². The molecule has 0 radical (unpaired) electrons. The molecule has 0 aromatic carbocycles. The zero-order valence-corrected chi connectivity index (χ0v) is 13.0. The van der Waals surface area contributed by atoms with Gasteiger partial charge in [0.05, 0.1) is 10.2 Å². The predicted octanol–water partition coefficient (Wildman–Crippen LogP) is 4.14. The van der Waals surface area contributed by atoms with Crippen LogP contribution < -0.4 is 5.32 Å². The van der Waals surface area contributed by atoms with Crippen molar-refractivity contribution in [3.05, 3.63) is 16.0 Å². The quantitative estimate of drug-likeness (QED) is 0.858. The first kappa shape index (κ1) is 13.8. The molecule has 0 saturated heterocycles. The van der Waals surface area contributed by atoms with Crippen LogP contribution in [0.25, 0.3) is 0 Å². The monoisotopic (exact) mass is 311 g/mol. The molecular weight excluding hydrogens is 290 g/mol. The summed E-state index contributed by atoms with van der Waals surface area (Å²) in [4.78, 5) is 9.39. The fraction of sp³-hybridized carbons (Fsp3) is 0.714. The van der Waals surface area contributed by atoms with Gasteiger partial charge in [-0.25, -0.2) is 9.97 Å². The summed E-state index contributed by atoms with van der Waals surface area (Å²) in [6, 6.07) is 0. The molecule has 0 atom stereocenters. The maximum atomic E-state index is 4.72. The molecule has 1 N–H and O–H groups in total. The van der Waals surface area contributed by atoms with Gasteiger partial charge in [0.15, 0.2) is 0 Å². The Balaban J connectivity index is 2.26. The molecule has 1 aromatic rings. The van der Waals surface area contributed by atoms with Crippen molar-refractivity contribution in [2.45, 2.75) is 52.4 Å². The second kappa shape index (κ2) is 6.00. The molecular formula is C14H22BrN3. The van der Waals surface area contributed by atoms with Crippen LogP contribution in [0.1, 0.15) is 57.5 Å². The van der Waals surface area contributed by atoms with Crippen molar-refractivity contribution >= 4 is 21.7 Å². The molecule has 0 unspecified atom stereocenters. The lowest BCUT2D eigenvalue weighted by Crippen LogP contribution is -2.10. The number of anilines is 1. The van der Waals surface area contributed by atoms with Crippen LogP contribution in [0.3, 0.4) is 0 Å². The summed E-state index contributed by atoms with van der Waals surface area (Å²) in [5, 5.41) is 3.39. The zero-order chi connectivity index (χ0) is 13.1. The van der Waals surface area contributed by atoms with E-state index in [0.29, 0.717) is 5.92 Å². The third-order valence-electron chi connectivity index (χ3n) is 3.18. The van der Waals surface area contributed by atoms with Crippen molar-refractivity contribution in [1.82, 2.24) is 9.97 Å². The minimum Gasteiger partial charge on any atom is -0.369 e. The highest BCUT2D eigenvalue weighted by Gasteiger charge is 2.24.